The van der Waals surface area contributed by atoms with Crippen LogP contribution in [-0.4, -0.2) is 10.1 Å². The molecule has 0 aliphatic heterocycles. The molecule has 2 heteroatoms. The largest absolute Gasteiger partial charge is 0.508 e. The molecular formula is C11H11NO. The van der Waals surface area contributed by atoms with E-state index < -0.39 is 0 Å². The highest BCUT2D eigenvalue weighted by Crippen LogP contribution is 2.25. The Morgan fingerprint density at radius 3 is 2.77 bits per heavy atom. The lowest BCUT2D eigenvalue weighted by Crippen LogP contribution is -1.82. The Morgan fingerprint density at radius 1 is 1.23 bits per heavy atom. The van der Waals surface area contributed by atoms with Crippen LogP contribution in [0.15, 0.2) is 36.5 Å². The van der Waals surface area contributed by atoms with Gasteiger partial charge in [0.2, 0.25) is 0 Å². The summed E-state index contributed by atoms with van der Waals surface area (Å²) >= 11 is 0. The molecule has 0 saturated heterocycles. The summed E-state index contributed by atoms with van der Waals surface area (Å²) < 4.78 is 0. The maximum absolute atomic E-state index is 9.32. The summed E-state index contributed by atoms with van der Waals surface area (Å²) in [5.74, 6) is 0.301. The van der Waals surface area contributed by atoms with Crippen LogP contribution in [0, 0.1) is 6.92 Å². The topological polar surface area (TPSA) is 36.0 Å². The van der Waals surface area contributed by atoms with Crippen molar-refractivity contribution in [1.29, 1.82) is 0 Å². The molecule has 0 unspecified atom stereocenters. The minimum Gasteiger partial charge on any atom is -0.508 e. The van der Waals surface area contributed by atoms with Crippen molar-refractivity contribution in [1.82, 2.24) is 4.98 Å². The number of aryl methyl sites for hydroxylation is 1. The van der Waals surface area contributed by atoms with E-state index in [-0.39, 0.29) is 0 Å². The number of phenols is 1. The molecule has 0 bridgehead atoms. The van der Waals surface area contributed by atoms with Gasteiger partial charge in [-0.25, -0.2) is 0 Å². The van der Waals surface area contributed by atoms with Gasteiger partial charge in [0, 0.05) is 17.5 Å². The molecule has 0 fully saturated rings. The number of hydrogen-bond donors (Lipinski definition) is 2. The Bertz CT molecular complexity index is 404. The molecule has 0 aliphatic rings. The zero-order valence-electron chi connectivity index (χ0n) is 7.41. The Hall–Kier alpha value is -1.70. The van der Waals surface area contributed by atoms with Gasteiger partial charge in [-0.1, -0.05) is 6.07 Å². The molecular weight excluding hydrogens is 162 g/mol. The number of aromatic amines is 1. The standard InChI is InChI=1S/C11H11NO/c1-8-4-5-9(13)7-10(8)11-3-2-6-12-11/h2-7,12-13H,1H3. The first-order chi connectivity index (χ1) is 6.27. The van der Waals surface area contributed by atoms with Crippen molar-refractivity contribution in [2.75, 3.05) is 0 Å². The second-order valence-corrected chi connectivity index (χ2v) is 3.08. The number of benzene rings is 1. The summed E-state index contributed by atoms with van der Waals surface area (Å²) in [6.07, 6.45) is 1.87. The predicted octanol–water partition coefficient (Wildman–Crippen LogP) is 2.70. The van der Waals surface area contributed by atoms with Crippen molar-refractivity contribution in [3.8, 4) is 17.0 Å². The van der Waals surface area contributed by atoms with Crippen LogP contribution < -0.4 is 0 Å². The molecule has 0 amide bonds. The summed E-state index contributed by atoms with van der Waals surface area (Å²) in [5.41, 5.74) is 3.23. The summed E-state index contributed by atoms with van der Waals surface area (Å²) in [4.78, 5) is 3.11. The molecule has 2 nitrogen and oxygen atoms in total. The number of phenolic OH excluding ortho intramolecular Hbond substituents is 1. The lowest BCUT2D eigenvalue weighted by molar-refractivity contribution is 0.475. The van der Waals surface area contributed by atoms with Gasteiger partial charge in [-0.2, -0.15) is 0 Å². The van der Waals surface area contributed by atoms with E-state index in [0.29, 0.717) is 5.75 Å². The number of H-pyrrole nitrogens is 1. The fourth-order valence-corrected chi connectivity index (χ4v) is 1.40. The van der Waals surface area contributed by atoms with Crippen molar-refractivity contribution in [2.45, 2.75) is 6.92 Å². The minimum absolute atomic E-state index is 0.301. The third-order valence-electron chi connectivity index (χ3n) is 2.11. The maximum Gasteiger partial charge on any atom is 0.116 e. The number of nitrogens with one attached hydrogen (secondary N) is 1. The normalized spacial score (nSPS) is 10.2. The molecule has 1 aromatic heterocycles. The molecule has 2 rings (SSSR count). The monoisotopic (exact) mass is 173 g/mol. The number of aromatic nitrogens is 1. The Balaban J connectivity index is 2.57. The molecule has 1 heterocycles. The first-order valence-electron chi connectivity index (χ1n) is 4.21. The molecule has 0 saturated carbocycles. The molecule has 13 heavy (non-hydrogen) atoms. The Morgan fingerprint density at radius 2 is 2.08 bits per heavy atom. The van der Waals surface area contributed by atoms with Crippen LogP contribution in [0.3, 0.4) is 0 Å². The van der Waals surface area contributed by atoms with Crippen molar-refractivity contribution in [2.24, 2.45) is 0 Å². The van der Waals surface area contributed by atoms with E-state index in [2.05, 4.69) is 4.98 Å². The van der Waals surface area contributed by atoms with E-state index in [1.165, 1.54) is 0 Å². The third-order valence-corrected chi connectivity index (χ3v) is 2.11. The molecule has 1 aromatic carbocycles. The van der Waals surface area contributed by atoms with Gasteiger partial charge in [-0.05, 0) is 36.8 Å². The zero-order valence-corrected chi connectivity index (χ0v) is 7.41. The molecule has 66 valence electrons. The molecule has 0 atom stereocenters. The van der Waals surface area contributed by atoms with Crippen LogP contribution in [0.1, 0.15) is 5.56 Å². The van der Waals surface area contributed by atoms with Gasteiger partial charge in [0.25, 0.3) is 0 Å². The first-order valence-corrected chi connectivity index (χ1v) is 4.21. The highest BCUT2D eigenvalue weighted by atomic mass is 16.3. The second kappa shape index (κ2) is 2.98. The fourth-order valence-electron chi connectivity index (χ4n) is 1.40. The molecule has 2 aromatic rings. The first kappa shape index (κ1) is 7.92. The van der Waals surface area contributed by atoms with Crippen LogP contribution in [0.25, 0.3) is 11.3 Å². The average molecular weight is 173 g/mol. The van der Waals surface area contributed by atoms with E-state index in [1.807, 2.05) is 31.3 Å². The molecule has 0 spiro atoms. The second-order valence-electron chi connectivity index (χ2n) is 3.08. The van der Waals surface area contributed by atoms with Crippen molar-refractivity contribution in [3.63, 3.8) is 0 Å². The van der Waals surface area contributed by atoms with E-state index in [4.69, 9.17) is 0 Å². The summed E-state index contributed by atoms with van der Waals surface area (Å²) in [6.45, 7) is 2.02. The van der Waals surface area contributed by atoms with Crippen LogP contribution in [0.5, 0.6) is 5.75 Å². The number of hydrogen-bond acceptors (Lipinski definition) is 1. The Kier molecular flexibility index (Phi) is 1.81. The van der Waals surface area contributed by atoms with Gasteiger partial charge < -0.3 is 10.1 Å². The van der Waals surface area contributed by atoms with Crippen LogP contribution in [-0.2, 0) is 0 Å². The lowest BCUT2D eigenvalue weighted by Gasteiger charge is -2.03. The van der Waals surface area contributed by atoms with E-state index >= 15 is 0 Å². The summed E-state index contributed by atoms with van der Waals surface area (Å²) in [5, 5.41) is 9.32. The summed E-state index contributed by atoms with van der Waals surface area (Å²) in [7, 11) is 0. The predicted molar refractivity (Wildman–Crippen MR) is 52.6 cm³/mol. The van der Waals surface area contributed by atoms with Crippen LogP contribution in [0.4, 0.5) is 0 Å². The average Bonchev–Trinajstić information content (AvgIpc) is 2.61. The van der Waals surface area contributed by atoms with Gasteiger partial charge >= 0.3 is 0 Å². The van der Waals surface area contributed by atoms with Gasteiger partial charge in [-0.15, -0.1) is 0 Å². The SMILES string of the molecule is Cc1ccc(O)cc1-c1ccc[nH]1. The highest BCUT2D eigenvalue weighted by Gasteiger charge is 2.02. The van der Waals surface area contributed by atoms with Gasteiger partial charge in [0.1, 0.15) is 5.75 Å². The van der Waals surface area contributed by atoms with Gasteiger partial charge in [-0.3, -0.25) is 0 Å². The molecule has 0 radical (unpaired) electrons. The van der Waals surface area contributed by atoms with Crippen molar-refractivity contribution in [3.05, 3.63) is 42.1 Å². The Labute approximate surface area is 76.9 Å². The van der Waals surface area contributed by atoms with Crippen LogP contribution >= 0.6 is 0 Å². The van der Waals surface area contributed by atoms with Crippen molar-refractivity contribution < 1.29 is 5.11 Å². The number of rotatable bonds is 1. The highest BCUT2D eigenvalue weighted by molar-refractivity contribution is 5.65. The zero-order chi connectivity index (χ0) is 9.26. The molecule has 0 aliphatic carbocycles. The smallest absolute Gasteiger partial charge is 0.116 e. The number of aromatic hydroxyl groups is 1. The van der Waals surface area contributed by atoms with Gasteiger partial charge in [0.15, 0.2) is 0 Å². The van der Waals surface area contributed by atoms with E-state index in [1.54, 1.807) is 12.1 Å². The molecule has 2 N–H and O–H groups in total. The van der Waals surface area contributed by atoms with Gasteiger partial charge in [0.05, 0.1) is 0 Å². The fraction of sp³-hybridized carbons (Fsp3) is 0.0909. The van der Waals surface area contributed by atoms with Crippen LogP contribution in [0.2, 0.25) is 0 Å². The van der Waals surface area contributed by atoms with E-state index in [9.17, 15) is 5.11 Å². The minimum atomic E-state index is 0.301. The third kappa shape index (κ3) is 1.43. The maximum atomic E-state index is 9.32. The van der Waals surface area contributed by atoms with E-state index in [0.717, 1.165) is 16.8 Å². The quantitative estimate of drug-likeness (QED) is 0.683. The lowest BCUT2D eigenvalue weighted by atomic mass is 10.1. The summed E-state index contributed by atoms with van der Waals surface area (Å²) in [6, 6.07) is 9.30. The van der Waals surface area contributed by atoms with Crippen molar-refractivity contribution >= 4 is 0 Å².